The summed E-state index contributed by atoms with van der Waals surface area (Å²) >= 11 is 0. The molecule has 2 nitrogen and oxygen atoms in total. The molecule has 2 atom stereocenters. The predicted octanol–water partition coefficient (Wildman–Crippen LogP) is 3.53. The van der Waals surface area contributed by atoms with Crippen LogP contribution < -0.4 is 0 Å². The second kappa shape index (κ2) is 4.16. The van der Waals surface area contributed by atoms with Crippen molar-refractivity contribution in [3.8, 4) is 0 Å². The van der Waals surface area contributed by atoms with E-state index >= 15 is 0 Å². The van der Waals surface area contributed by atoms with Crippen LogP contribution in [0.25, 0.3) is 0 Å². The maximum absolute atomic E-state index is 4.48. The molecule has 1 aliphatic heterocycles. The molecule has 19 heavy (non-hydrogen) atoms. The van der Waals surface area contributed by atoms with E-state index in [2.05, 4.69) is 58.7 Å². The molecule has 0 saturated heterocycles. The van der Waals surface area contributed by atoms with Crippen LogP contribution in [-0.2, 0) is 0 Å². The minimum absolute atomic E-state index is 0.565. The maximum atomic E-state index is 4.48. The standard InChI is InChI=1S/C17H14N2/c1-3-7-12(8-4-1)16-14-11-15(14)17(19-18-16)13-9-5-2-6-10-13/h1-10,14-15H,11H2/t14-,15+. The van der Waals surface area contributed by atoms with Gasteiger partial charge in [-0.2, -0.15) is 10.2 Å². The van der Waals surface area contributed by atoms with E-state index in [0.29, 0.717) is 11.8 Å². The van der Waals surface area contributed by atoms with Crippen LogP contribution in [-0.4, -0.2) is 11.4 Å². The molecule has 92 valence electrons. The van der Waals surface area contributed by atoms with Crippen LogP contribution in [0.2, 0.25) is 0 Å². The Labute approximate surface area is 112 Å². The Kier molecular flexibility index (Phi) is 2.34. The van der Waals surface area contributed by atoms with Crippen molar-refractivity contribution in [2.75, 3.05) is 0 Å². The van der Waals surface area contributed by atoms with Crippen LogP contribution in [0, 0.1) is 11.8 Å². The molecule has 2 aromatic carbocycles. The molecule has 0 radical (unpaired) electrons. The summed E-state index contributed by atoms with van der Waals surface area (Å²) in [5.41, 5.74) is 4.74. The van der Waals surface area contributed by atoms with Crippen molar-refractivity contribution >= 4 is 11.4 Å². The van der Waals surface area contributed by atoms with Crippen molar-refractivity contribution in [3.05, 3.63) is 71.8 Å². The van der Waals surface area contributed by atoms with Gasteiger partial charge < -0.3 is 0 Å². The molecule has 2 heteroatoms. The summed E-state index contributed by atoms with van der Waals surface area (Å²) in [5.74, 6) is 1.13. The van der Waals surface area contributed by atoms with E-state index in [0.717, 1.165) is 11.4 Å². The van der Waals surface area contributed by atoms with Crippen LogP contribution in [0.1, 0.15) is 17.5 Å². The predicted molar refractivity (Wildman–Crippen MR) is 77.6 cm³/mol. The van der Waals surface area contributed by atoms with Crippen LogP contribution in [0.4, 0.5) is 0 Å². The number of benzene rings is 2. The molecule has 0 spiro atoms. The number of hydrogen-bond donors (Lipinski definition) is 0. The fourth-order valence-corrected chi connectivity index (χ4v) is 2.82. The Balaban J connectivity index is 1.73. The third-order valence-corrected chi connectivity index (χ3v) is 3.90. The first-order valence-electron chi connectivity index (χ1n) is 6.70. The minimum atomic E-state index is 0.565. The van der Waals surface area contributed by atoms with Crippen molar-refractivity contribution in [2.45, 2.75) is 6.42 Å². The van der Waals surface area contributed by atoms with Crippen molar-refractivity contribution in [1.29, 1.82) is 0 Å². The van der Waals surface area contributed by atoms with E-state index in [1.807, 2.05) is 12.1 Å². The van der Waals surface area contributed by atoms with Gasteiger partial charge in [-0.3, -0.25) is 0 Å². The zero-order chi connectivity index (χ0) is 12.7. The maximum Gasteiger partial charge on any atom is 0.0740 e. The van der Waals surface area contributed by atoms with E-state index < -0.39 is 0 Å². The normalized spacial score (nSPS) is 24.2. The molecule has 0 aromatic heterocycles. The van der Waals surface area contributed by atoms with Gasteiger partial charge in [0.15, 0.2) is 0 Å². The number of hydrogen-bond acceptors (Lipinski definition) is 2. The number of nitrogens with zero attached hydrogens (tertiary/aromatic N) is 2. The van der Waals surface area contributed by atoms with Gasteiger partial charge in [-0.1, -0.05) is 60.7 Å². The van der Waals surface area contributed by atoms with Gasteiger partial charge in [-0.05, 0) is 17.5 Å². The topological polar surface area (TPSA) is 24.7 Å². The Bertz CT molecular complexity index is 597. The van der Waals surface area contributed by atoms with Gasteiger partial charge in [-0.15, -0.1) is 0 Å². The van der Waals surface area contributed by atoms with Gasteiger partial charge in [0.05, 0.1) is 11.4 Å². The van der Waals surface area contributed by atoms with Gasteiger partial charge >= 0.3 is 0 Å². The Morgan fingerprint density at radius 2 is 1.05 bits per heavy atom. The highest BCUT2D eigenvalue weighted by Crippen LogP contribution is 2.46. The third-order valence-electron chi connectivity index (χ3n) is 3.90. The minimum Gasteiger partial charge on any atom is -0.154 e. The Hall–Kier alpha value is -2.22. The molecular weight excluding hydrogens is 232 g/mol. The Morgan fingerprint density at radius 1 is 0.632 bits per heavy atom. The average Bonchev–Trinajstić information content (AvgIpc) is 3.28. The van der Waals surface area contributed by atoms with Gasteiger partial charge in [0.2, 0.25) is 0 Å². The molecule has 0 bridgehead atoms. The molecule has 2 aliphatic rings. The smallest absolute Gasteiger partial charge is 0.0740 e. The monoisotopic (exact) mass is 246 g/mol. The largest absolute Gasteiger partial charge is 0.154 e. The first-order valence-corrected chi connectivity index (χ1v) is 6.70. The summed E-state index contributed by atoms with van der Waals surface area (Å²) in [6.07, 6.45) is 1.18. The second-order valence-corrected chi connectivity index (χ2v) is 5.15. The quantitative estimate of drug-likeness (QED) is 0.774. The highest BCUT2D eigenvalue weighted by atomic mass is 15.2. The summed E-state index contributed by atoms with van der Waals surface area (Å²) in [6.45, 7) is 0. The summed E-state index contributed by atoms with van der Waals surface area (Å²) in [7, 11) is 0. The van der Waals surface area contributed by atoms with Gasteiger partial charge in [0.1, 0.15) is 0 Å². The van der Waals surface area contributed by atoms with Gasteiger partial charge in [0, 0.05) is 11.8 Å². The summed E-state index contributed by atoms with van der Waals surface area (Å²) < 4.78 is 0. The summed E-state index contributed by atoms with van der Waals surface area (Å²) in [5, 5.41) is 8.97. The summed E-state index contributed by atoms with van der Waals surface area (Å²) in [6, 6.07) is 20.8. The first-order chi connectivity index (χ1) is 9.43. The lowest BCUT2D eigenvalue weighted by atomic mass is 9.99. The lowest BCUT2D eigenvalue weighted by Gasteiger charge is -2.11. The number of fused-ring (bicyclic) bond motifs is 1. The Morgan fingerprint density at radius 3 is 1.47 bits per heavy atom. The van der Waals surface area contributed by atoms with Crippen LogP contribution >= 0.6 is 0 Å². The van der Waals surface area contributed by atoms with Crippen molar-refractivity contribution in [2.24, 2.45) is 22.0 Å². The van der Waals surface area contributed by atoms with Crippen molar-refractivity contribution in [3.63, 3.8) is 0 Å². The zero-order valence-corrected chi connectivity index (χ0v) is 10.5. The molecule has 1 aliphatic carbocycles. The van der Waals surface area contributed by atoms with E-state index in [1.54, 1.807) is 0 Å². The van der Waals surface area contributed by atoms with E-state index in [4.69, 9.17) is 0 Å². The van der Waals surface area contributed by atoms with E-state index in [-0.39, 0.29) is 0 Å². The molecular formula is C17H14N2. The fourth-order valence-electron chi connectivity index (χ4n) is 2.82. The second-order valence-electron chi connectivity index (χ2n) is 5.15. The first kappa shape index (κ1) is 10.7. The van der Waals surface area contributed by atoms with Crippen LogP contribution in [0.5, 0.6) is 0 Å². The van der Waals surface area contributed by atoms with E-state index in [1.165, 1.54) is 17.5 Å². The molecule has 4 rings (SSSR count). The molecule has 2 aromatic rings. The van der Waals surface area contributed by atoms with Crippen LogP contribution in [0.15, 0.2) is 70.9 Å². The highest BCUT2D eigenvalue weighted by Gasteiger charge is 2.47. The van der Waals surface area contributed by atoms with Gasteiger partial charge in [0.25, 0.3) is 0 Å². The summed E-state index contributed by atoms with van der Waals surface area (Å²) in [4.78, 5) is 0. The molecule has 0 amide bonds. The number of rotatable bonds is 2. The van der Waals surface area contributed by atoms with Crippen molar-refractivity contribution < 1.29 is 0 Å². The third kappa shape index (κ3) is 1.80. The molecule has 1 fully saturated rings. The van der Waals surface area contributed by atoms with E-state index in [9.17, 15) is 0 Å². The molecule has 1 saturated carbocycles. The van der Waals surface area contributed by atoms with Gasteiger partial charge in [-0.25, -0.2) is 0 Å². The zero-order valence-electron chi connectivity index (χ0n) is 10.5. The van der Waals surface area contributed by atoms with Crippen LogP contribution in [0.3, 0.4) is 0 Å². The van der Waals surface area contributed by atoms with Crippen molar-refractivity contribution in [1.82, 2.24) is 0 Å². The molecule has 1 heterocycles. The average molecular weight is 246 g/mol. The molecule has 0 unspecified atom stereocenters. The molecule has 0 N–H and O–H groups in total. The highest BCUT2D eigenvalue weighted by molar-refractivity contribution is 6.14. The lowest BCUT2D eigenvalue weighted by molar-refractivity contribution is 0.999. The SMILES string of the molecule is c1ccc(C2=NN=C(c3ccccc3)[C@@H]3C[C@H]23)cc1. The lowest BCUT2D eigenvalue weighted by Crippen LogP contribution is -2.15. The fraction of sp³-hybridized carbons (Fsp3) is 0.176.